The number of phenols is 1. The standard InChI is InChI=1S/C14H21ClN2O2.ClH/c1-10-8-11(15)9-12(14(10)19)13(2-7-18)17-5-3-16-4-6-17;/h8-9,13,16,18-19H,2-7H2,1H3;1H/t13-;/m0./s1. The molecular weight excluding hydrogens is 299 g/mol. The molecule has 1 fully saturated rings. The molecule has 1 aliphatic heterocycles. The number of aliphatic hydroxyl groups excluding tert-OH is 1. The summed E-state index contributed by atoms with van der Waals surface area (Å²) in [6.45, 7) is 5.63. The Labute approximate surface area is 131 Å². The average molecular weight is 321 g/mol. The van der Waals surface area contributed by atoms with Gasteiger partial charge >= 0.3 is 0 Å². The molecule has 4 nitrogen and oxygen atoms in total. The molecule has 0 spiro atoms. The smallest absolute Gasteiger partial charge is 0.123 e. The van der Waals surface area contributed by atoms with Crippen LogP contribution in [0.2, 0.25) is 5.02 Å². The maximum Gasteiger partial charge on any atom is 0.123 e. The van der Waals surface area contributed by atoms with Gasteiger partial charge in [-0.15, -0.1) is 12.4 Å². The fraction of sp³-hybridized carbons (Fsp3) is 0.571. The minimum absolute atomic E-state index is 0. The molecule has 1 aromatic rings. The van der Waals surface area contributed by atoms with Gasteiger partial charge < -0.3 is 15.5 Å². The number of nitrogens with zero attached hydrogens (tertiary/aromatic N) is 1. The summed E-state index contributed by atoms with van der Waals surface area (Å²) in [6.07, 6.45) is 0.605. The highest BCUT2D eigenvalue weighted by atomic mass is 35.5. The first kappa shape index (κ1) is 17.5. The molecule has 0 amide bonds. The van der Waals surface area contributed by atoms with Gasteiger partial charge in [0, 0.05) is 49.4 Å². The van der Waals surface area contributed by atoms with E-state index in [-0.39, 0.29) is 25.1 Å². The number of rotatable bonds is 4. The van der Waals surface area contributed by atoms with Crippen molar-refractivity contribution in [1.29, 1.82) is 0 Å². The molecule has 1 heterocycles. The van der Waals surface area contributed by atoms with Gasteiger partial charge in [-0.25, -0.2) is 0 Å². The average Bonchev–Trinajstić information content (AvgIpc) is 2.41. The zero-order chi connectivity index (χ0) is 13.8. The van der Waals surface area contributed by atoms with Gasteiger partial charge in [-0.05, 0) is 31.0 Å². The first-order chi connectivity index (χ1) is 9.13. The molecular formula is C14H22Cl2N2O2. The third-order valence-corrected chi connectivity index (χ3v) is 3.87. The second kappa shape index (κ2) is 8.05. The van der Waals surface area contributed by atoms with Crippen LogP contribution in [-0.4, -0.2) is 47.9 Å². The highest BCUT2D eigenvalue weighted by Crippen LogP contribution is 2.35. The van der Waals surface area contributed by atoms with Crippen LogP contribution in [0.1, 0.15) is 23.6 Å². The van der Waals surface area contributed by atoms with Crippen LogP contribution in [0.5, 0.6) is 5.75 Å². The van der Waals surface area contributed by atoms with Crippen molar-refractivity contribution < 1.29 is 10.2 Å². The summed E-state index contributed by atoms with van der Waals surface area (Å²) in [5.74, 6) is 0.293. The quantitative estimate of drug-likeness (QED) is 0.795. The lowest BCUT2D eigenvalue weighted by Crippen LogP contribution is -2.45. The van der Waals surface area contributed by atoms with Crippen molar-refractivity contribution in [1.82, 2.24) is 10.2 Å². The van der Waals surface area contributed by atoms with Crippen molar-refractivity contribution in [3.8, 4) is 5.75 Å². The molecule has 0 radical (unpaired) electrons. The SMILES string of the molecule is Cc1cc(Cl)cc([C@H](CCO)N2CCNCC2)c1O.Cl. The normalized spacial score (nSPS) is 17.6. The van der Waals surface area contributed by atoms with Gasteiger partial charge in [0.2, 0.25) is 0 Å². The first-order valence-corrected chi connectivity index (χ1v) is 7.06. The van der Waals surface area contributed by atoms with E-state index < -0.39 is 0 Å². The number of aromatic hydroxyl groups is 1. The summed E-state index contributed by atoms with van der Waals surface area (Å²) in [5.41, 5.74) is 1.60. The Morgan fingerprint density at radius 1 is 1.35 bits per heavy atom. The van der Waals surface area contributed by atoms with Gasteiger partial charge in [0.25, 0.3) is 0 Å². The fourth-order valence-electron chi connectivity index (χ4n) is 2.67. The number of benzene rings is 1. The molecule has 20 heavy (non-hydrogen) atoms. The lowest BCUT2D eigenvalue weighted by atomic mass is 9.98. The summed E-state index contributed by atoms with van der Waals surface area (Å²) in [7, 11) is 0. The van der Waals surface area contributed by atoms with Gasteiger partial charge in [-0.3, -0.25) is 4.90 Å². The van der Waals surface area contributed by atoms with Crippen molar-refractivity contribution in [2.75, 3.05) is 32.8 Å². The molecule has 0 aliphatic carbocycles. The zero-order valence-electron chi connectivity index (χ0n) is 11.6. The Balaban J connectivity index is 0.00000200. The van der Waals surface area contributed by atoms with Crippen LogP contribution in [0, 0.1) is 6.92 Å². The summed E-state index contributed by atoms with van der Waals surface area (Å²) in [4.78, 5) is 2.29. The van der Waals surface area contributed by atoms with Crippen molar-refractivity contribution in [3.05, 3.63) is 28.3 Å². The third-order valence-electron chi connectivity index (χ3n) is 3.65. The molecule has 0 aromatic heterocycles. The van der Waals surface area contributed by atoms with E-state index in [2.05, 4.69) is 10.2 Å². The predicted octanol–water partition coefficient (Wildman–Crippen LogP) is 2.10. The lowest BCUT2D eigenvalue weighted by molar-refractivity contribution is 0.139. The maximum absolute atomic E-state index is 10.3. The van der Waals surface area contributed by atoms with E-state index in [1.165, 1.54) is 0 Å². The van der Waals surface area contributed by atoms with Crippen LogP contribution in [0.25, 0.3) is 0 Å². The van der Waals surface area contributed by atoms with Gasteiger partial charge in [-0.2, -0.15) is 0 Å². The number of aryl methyl sites for hydroxylation is 1. The van der Waals surface area contributed by atoms with Crippen LogP contribution < -0.4 is 5.32 Å². The lowest BCUT2D eigenvalue weighted by Gasteiger charge is -2.35. The topological polar surface area (TPSA) is 55.7 Å². The zero-order valence-corrected chi connectivity index (χ0v) is 13.2. The van der Waals surface area contributed by atoms with E-state index in [9.17, 15) is 10.2 Å². The van der Waals surface area contributed by atoms with E-state index in [4.69, 9.17) is 11.6 Å². The second-order valence-electron chi connectivity index (χ2n) is 4.97. The summed E-state index contributed by atoms with van der Waals surface area (Å²) < 4.78 is 0. The van der Waals surface area contributed by atoms with Crippen LogP contribution in [0.3, 0.4) is 0 Å². The van der Waals surface area contributed by atoms with Crippen LogP contribution >= 0.6 is 24.0 Å². The minimum Gasteiger partial charge on any atom is -0.507 e. The number of hydrogen-bond donors (Lipinski definition) is 3. The summed E-state index contributed by atoms with van der Waals surface area (Å²) >= 11 is 6.10. The molecule has 114 valence electrons. The van der Waals surface area contributed by atoms with Crippen LogP contribution in [0.4, 0.5) is 0 Å². The predicted molar refractivity (Wildman–Crippen MR) is 84.0 cm³/mol. The van der Waals surface area contributed by atoms with Gasteiger partial charge in [-0.1, -0.05) is 11.6 Å². The fourth-order valence-corrected chi connectivity index (χ4v) is 2.95. The highest BCUT2D eigenvalue weighted by molar-refractivity contribution is 6.30. The van der Waals surface area contributed by atoms with E-state index in [0.29, 0.717) is 17.2 Å². The molecule has 3 N–H and O–H groups in total. The van der Waals surface area contributed by atoms with Gasteiger partial charge in [0.1, 0.15) is 5.75 Å². The van der Waals surface area contributed by atoms with Gasteiger partial charge in [0.05, 0.1) is 0 Å². The molecule has 1 saturated heterocycles. The maximum atomic E-state index is 10.3. The Hall–Kier alpha value is -0.520. The monoisotopic (exact) mass is 320 g/mol. The Morgan fingerprint density at radius 2 is 2.00 bits per heavy atom. The van der Waals surface area contributed by atoms with E-state index in [1.807, 2.05) is 13.0 Å². The van der Waals surface area contributed by atoms with Crippen molar-refractivity contribution in [3.63, 3.8) is 0 Å². The Morgan fingerprint density at radius 3 is 2.60 bits per heavy atom. The van der Waals surface area contributed by atoms with Crippen molar-refractivity contribution >= 4 is 24.0 Å². The largest absolute Gasteiger partial charge is 0.507 e. The summed E-state index contributed by atoms with van der Waals surface area (Å²) in [6, 6.07) is 3.59. The van der Waals surface area contributed by atoms with E-state index >= 15 is 0 Å². The minimum atomic E-state index is 0. The van der Waals surface area contributed by atoms with E-state index in [0.717, 1.165) is 37.3 Å². The van der Waals surface area contributed by atoms with E-state index in [1.54, 1.807) is 6.07 Å². The van der Waals surface area contributed by atoms with Crippen LogP contribution in [-0.2, 0) is 0 Å². The number of aliphatic hydroxyl groups is 1. The number of piperazine rings is 1. The number of halogens is 2. The molecule has 1 atom stereocenters. The number of nitrogens with one attached hydrogen (secondary N) is 1. The summed E-state index contributed by atoms with van der Waals surface area (Å²) in [5, 5.41) is 23.5. The molecule has 6 heteroatoms. The molecule has 1 aromatic carbocycles. The second-order valence-corrected chi connectivity index (χ2v) is 5.41. The highest BCUT2D eigenvalue weighted by Gasteiger charge is 2.25. The first-order valence-electron chi connectivity index (χ1n) is 6.68. The van der Waals surface area contributed by atoms with Crippen molar-refractivity contribution in [2.45, 2.75) is 19.4 Å². The van der Waals surface area contributed by atoms with Crippen LogP contribution in [0.15, 0.2) is 12.1 Å². The number of phenolic OH excluding ortho intramolecular Hbond substituents is 1. The molecule has 1 aliphatic rings. The Bertz CT molecular complexity index is 437. The molecule has 0 unspecified atom stereocenters. The molecule has 0 bridgehead atoms. The number of hydrogen-bond acceptors (Lipinski definition) is 4. The molecule has 0 saturated carbocycles. The van der Waals surface area contributed by atoms with Crippen molar-refractivity contribution in [2.24, 2.45) is 0 Å². The van der Waals surface area contributed by atoms with Gasteiger partial charge in [0.15, 0.2) is 0 Å². The molecule has 2 rings (SSSR count). The Kier molecular flexibility index (Phi) is 7.06. The third kappa shape index (κ3) is 3.99.